The largest absolute Gasteiger partial charge is 0.467 e. The van der Waals surface area contributed by atoms with E-state index in [0.717, 1.165) is 25.8 Å². The van der Waals surface area contributed by atoms with Crippen LogP contribution in [-0.4, -0.2) is 108 Å². The Labute approximate surface area is 227 Å². The molecule has 2 fully saturated rings. The van der Waals surface area contributed by atoms with Crippen LogP contribution < -0.4 is 5.32 Å². The van der Waals surface area contributed by atoms with Crippen LogP contribution in [0.3, 0.4) is 0 Å². The molecule has 0 aromatic heterocycles. The molecule has 0 radical (unpaired) electrons. The molecule has 5 atom stereocenters. The summed E-state index contributed by atoms with van der Waals surface area (Å²) in [5.74, 6) is -1.36. The standard InChI is InChI=1S/C28H48N4O6/c1-17(2)21(14-18(3)25(35)32-16-19(33)15-22(32)27(37)38-9)31(8)26(36)23(28(4,5)6)29-24(34)20-12-10-11-13-30(20)7/h14,17,19-23,33H,10-13,15-16H2,1-9H3,(H,29,34)/b18-14+. The zero-order valence-corrected chi connectivity index (χ0v) is 24.6. The Morgan fingerprint density at radius 2 is 1.76 bits per heavy atom. The quantitative estimate of drug-likeness (QED) is 0.357. The number of piperidine rings is 1. The maximum atomic E-state index is 13.8. The second-order valence-electron chi connectivity index (χ2n) is 12.2. The van der Waals surface area contributed by atoms with Crippen LogP contribution in [0.5, 0.6) is 0 Å². The molecule has 0 bridgehead atoms. The molecule has 0 aromatic carbocycles. The second kappa shape index (κ2) is 13.1. The number of likely N-dealkylation sites (N-methyl/N-ethyl adjacent to an activating group) is 2. The Kier molecular flexibility index (Phi) is 10.9. The van der Waals surface area contributed by atoms with Crippen molar-refractivity contribution in [3.05, 3.63) is 11.6 Å². The van der Waals surface area contributed by atoms with Crippen LogP contribution in [0.1, 0.15) is 67.2 Å². The summed E-state index contributed by atoms with van der Waals surface area (Å²) in [7, 11) is 4.88. The van der Waals surface area contributed by atoms with Crippen molar-refractivity contribution in [2.24, 2.45) is 11.3 Å². The van der Waals surface area contributed by atoms with Crippen molar-refractivity contribution in [1.29, 1.82) is 0 Å². The predicted molar refractivity (Wildman–Crippen MR) is 145 cm³/mol. The first-order chi connectivity index (χ1) is 17.6. The zero-order chi connectivity index (χ0) is 28.9. The third-order valence-electron chi connectivity index (χ3n) is 7.72. The number of likely N-dealkylation sites (tertiary alicyclic amines) is 2. The fourth-order valence-corrected chi connectivity index (χ4v) is 5.35. The van der Waals surface area contributed by atoms with Crippen LogP contribution in [0.15, 0.2) is 11.6 Å². The number of carbonyl (C=O) groups is 4. The minimum absolute atomic E-state index is 0.0342. The second-order valence-corrected chi connectivity index (χ2v) is 12.2. The summed E-state index contributed by atoms with van der Waals surface area (Å²) in [6, 6.07) is -2.29. The van der Waals surface area contributed by atoms with Gasteiger partial charge in [-0.05, 0) is 44.7 Å². The molecular formula is C28H48N4O6. The molecule has 0 aromatic rings. The molecule has 2 rings (SSSR count). The summed E-state index contributed by atoms with van der Waals surface area (Å²) in [6.07, 6.45) is 3.86. The van der Waals surface area contributed by atoms with Crippen molar-refractivity contribution in [2.75, 3.05) is 34.3 Å². The van der Waals surface area contributed by atoms with E-state index in [-0.39, 0.29) is 42.6 Å². The van der Waals surface area contributed by atoms with Crippen molar-refractivity contribution >= 4 is 23.7 Å². The van der Waals surface area contributed by atoms with E-state index < -0.39 is 35.6 Å². The Morgan fingerprint density at radius 1 is 1.13 bits per heavy atom. The van der Waals surface area contributed by atoms with Gasteiger partial charge in [-0.15, -0.1) is 0 Å². The first-order valence-electron chi connectivity index (χ1n) is 13.6. The SMILES string of the molecule is COC(=O)C1CC(O)CN1C(=O)/C(C)=C/C(C(C)C)N(C)C(=O)C(NC(=O)C1CCCCN1C)C(C)(C)C. The number of aliphatic hydroxyl groups excluding tert-OH is 1. The van der Waals surface area contributed by atoms with Crippen molar-refractivity contribution in [3.63, 3.8) is 0 Å². The lowest BCUT2D eigenvalue weighted by molar-refractivity contribution is -0.149. The van der Waals surface area contributed by atoms with Gasteiger partial charge < -0.3 is 25.0 Å². The van der Waals surface area contributed by atoms with Crippen molar-refractivity contribution in [2.45, 2.75) is 97.5 Å². The van der Waals surface area contributed by atoms with E-state index in [1.807, 2.05) is 46.6 Å². The average molecular weight is 537 g/mol. The molecule has 2 aliphatic rings. The van der Waals surface area contributed by atoms with E-state index >= 15 is 0 Å². The number of β-amino-alcohol motifs (C(OH)–C–C–N with tert-alkyl or cyclic N) is 1. The highest BCUT2D eigenvalue weighted by Crippen LogP contribution is 2.26. The highest BCUT2D eigenvalue weighted by atomic mass is 16.5. The number of hydrogen-bond acceptors (Lipinski definition) is 7. The third kappa shape index (κ3) is 7.56. The van der Waals surface area contributed by atoms with Gasteiger partial charge in [0, 0.05) is 25.6 Å². The number of esters is 1. The van der Waals surface area contributed by atoms with Crippen LogP contribution in [0, 0.1) is 11.3 Å². The third-order valence-corrected chi connectivity index (χ3v) is 7.72. The molecule has 0 saturated carbocycles. The van der Waals surface area contributed by atoms with Crippen LogP contribution in [-0.2, 0) is 23.9 Å². The lowest BCUT2D eigenvalue weighted by Gasteiger charge is -2.39. The Hall–Kier alpha value is -2.46. The lowest BCUT2D eigenvalue weighted by Crippen LogP contribution is -2.59. The number of hydrogen-bond donors (Lipinski definition) is 2. The number of carbonyl (C=O) groups excluding carboxylic acids is 4. The van der Waals surface area contributed by atoms with E-state index in [0.29, 0.717) is 5.57 Å². The fourth-order valence-electron chi connectivity index (χ4n) is 5.35. The minimum Gasteiger partial charge on any atom is -0.467 e. The van der Waals surface area contributed by atoms with Crippen LogP contribution >= 0.6 is 0 Å². The first-order valence-corrected chi connectivity index (χ1v) is 13.6. The number of rotatable bonds is 8. The molecule has 2 heterocycles. The van der Waals surface area contributed by atoms with Crippen LogP contribution in [0.4, 0.5) is 0 Å². The lowest BCUT2D eigenvalue weighted by atomic mass is 9.84. The number of amides is 3. The van der Waals surface area contributed by atoms with E-state index in [9.17, 15) is 24.3 Å². The fraction of sp³-hybridized carbons (Fsp3) is 0.786. The number of nitrogens with zero attached hydrogens (tertiary/aromatic N) is 3. The topological polar surface area (TPSA) is 119 Å². The molecule has 10 nitrogen and oxygen atoms in total. The molecule has 3 amide bonds. The normalized spacial score (nSPS) is 24.7. The van der Waals surface area contributed by atoms with Gasteiger partial charge in [0.05, 0.1) is 25.3 Å². The molecular weight excluding hydrogens is 488 g/mol. The molecule has 2 saturated heterocycles. The van der Waals surface area contributed by atoms with Gasteiger partial charge in [0.15, 0.2) is 0 Å². The molecule has 0 spiro atoms. The van der Waals surface area contributed by atoms with Crippen molar-refractivity contribution in [1.82, 2.24) is 20.0 Å². The van der Waals surface area contributed by atoms with Crippen molar-refractivity contribution in [3.8, 4) is 0 Å². The summed E-state index contributed by atoms with van der Waals surface area (Å²) in [4.78, 5) is 57.5. The smallest absolute Gasteiger partial charge is 0.328 e. The molecule has 10 heteroatoms. The number of ether oxygens (including phenoxy) is 1. The summed E-state index contributed by atoms with van der Waals surface area (Å²) < 4.78 is 4.82. The number of methoxy groups -OCH3 is 1. The predicted octanol–water partition coefficient (Wildman–Crippen LogP) is 1.57. The van der Waals surface area contributed by atoms with Crippen molar-refractivity contribution < 1.29 is 29.0 Å². The van der Waals surface area contributed by atoms with E-state index in [4.69, 9.17) is 4.74 Å². The average Bonchev–Trinajstić information content (AvgIpc) is 3.24. The van der Waals surface area contributed by atoms with Gasteiger partial charge in [-0.2, -0.15) is 0 Å². The van der Waals surface area contributed by atoms with Gasteiger partial charge in [0.25, 0.3) is 0 Å². The molecule has 0 aliphatic carbocycles. The summed E-state index contributed by atoms with van der Waals surface area (Å²) in [5.41, 5.74) is -0.171. The van der Waals surface area contributed by atoms with Gasteiger partial charge in [-0.3, -0.25) is 19.3 Å². The first kappa shape index (κ1) is 31.8. The molecule has 216 valence electrons. The van der Waals surface area contributed by atoms with Crippen LogP contribution in [0.25, 0.3) is 0 Å². The van der Waals surface area contributed by atoms with Gasteiger partial charge >= 0.3 is 5.97 Å². The molecule has 5 unspecified atom stereocenters. The highest BCUT2D eigenvalue weighted by molar-refractivity contribution is 5.96. The Bertz CT molecular complexity index is 912. The summed E-state index contributed by atoms with van der Waals surface area (Å²) in [6.45, 7) is 12.2. The molecule has 2 N–H and O–H groups in total. The maximum Gasteiger partial charge on any atom is 0.328 e. The monoisotopic (exact) mass is 536 g/mol. The van der Waals surface area contributed by atoms with Gasteiger partial charge in [0.2, 0.25) is 17.7 Å². The summed E-state index contributed by atoms with van der Waals surface area (Å²) >= 11 is 0. The van der Waals surface area contributed by atoms with E-state index in [2.05, 4.69) is 5.32 Å². The number of aliphatic hydroxyl groups is 1. The summed E-state index contributed by atoms with van der Waals surface area (Å²) in [5, 5.41) is 13.1. The highest BCUT2D eigenvalue weighted by Gasteiger charge is 2.41. The van der Waals surface area contributed by atoms with E-state index in [1.165, 1.54) is 12.0 Å². The minimum atomic E-state index is -0.846. The Balaban J connectivity index is 2.27. The zero-order valence-electron chi connectivity index (χ0n) is 24.6. The molecule has 38 heavy (non-hydrogen) atoms. The number of nitrogens with one attached hydrogen (secondary N) is 1. The molecule has 2 aliphatic heterocycles. The van der Waals surface area contributed by atoms with Gasteiger partial charge in [0.1, 0.15) is 12.1 Å². The van der Waals surface area contributed by atoms with Crippen LogP contribution in [0.2, 0.25) is 0 Å². The Morgan fingerprint density at radius 3 is 2.29 bits per heavy atom. The van der Waals surface area contributed by atoms with Gasteiger partial charge in [-0.1, -0.05) is 47.1 Å². The maximum absolute atomic E-state index is 13.8. The van der Waals surface area contributed by atoms with Gasteiger partial charge in [-0.25, -0.2) is 4.79 Å². The van der Waals surface area contributed by atoms with E-state index in [1.54, 1.807) is 24.9 Å².